The van der Waals surface area contributed by atoms with Crippen LogP contribution in [0.2, 0.25) is 0 Å². The van der Waals surface area contributed by atoms with Crippen molar-refractivity contribution in [1.82, 2.24) is 0 Å². The number of ether oxygens (including phenoxy) is 2. The van der Waals surface area contributed by atoms with E-state index in [0.717, 1.165) is 49.4 Å². The zero-order valence-electron chi connectivity index (χ0n) is 11.2. The van der Waals surface area contributed by atoms with Crippen LogP contribution in [0.15, 0.2) is 39.3 Å². The number of rotatable bonds is 3. The molecule has 21 heavy (non-hydrogen) atoms. The molecule has 3 nitrogen and oxygen atoms in total. The maximum absolute atomic E-state index is 6.04. The molecule has 1 heterocycles. The number of halogens is 3. The van der Waals surface area contributed by atoms with Crippen LogP contribution < -0.4 is 14.4 Å². The predicted octanol–water partition coefficient (Wildman–Crippen LogP) is 5.86. The van der Waals surface area contributed by atoms with Gasteiger partial charge in [-0.1, -0.05) is 47.8 Å². The molecule has 0 saturated heterocycles. The van der Waals surface area contributed by atoms with Crippen molar-refractivity contribution in [3.8, 4) is 17.2 Å². The maximum atomic E-state index is 6.04. The third-order valence-corrected chi connectivity index (χ3v) is 4.54. The largest absolute Gasteiger partial charge is 0.494 e. The molecule has 0 amide bonds. The summed E-state index contributed by atoms with van der Waals surface area (Å²) in [7, 11) is 1.67. The number of methoxy groups -OCH3 is 1. The second-order valence-corrected chi connectivity index (χ2v) is 7.13. The Bertz CT molecular complexity index is 691. The third-order valence-electron chi connectivity index (χ3n) is 3.23. The molecular weight excluding hydrogens is 466 g/mol. The number of anilines is 2. The number of hydrogen-bond donors (Lipinski definition) is 0. The van der Waals surface area contributed by atoms with Crippen LogP contribution >= 0.6 is 47.8 Å². The van der Waals surface area contributed by atoms with E-state index in [1.54, 1.807) is 7.11 Å². The molecule has 0 atom stereocenters. The minimum absolute atomic E-state index is 0.783. The van der Waals surface area contributed by atoms with Crippen LogP contribution in [0.4, 0.5) is 11.4 Å². The smallest absolute Gasteiger partial charge is 0.156 e. The molecule has 6 heteroatoms. The zero-order valence-corrected chi connectivity index (χ0v) is 16.0. The highest BCUT2D eigenvalue weighted by Gasteiger charge is 2.28. The minimum Gasteiger partial charge on any atom is -0.494 e. The first-order chi connectivity index (χ1) is 10.1. The van der Waals surface area contributed by atoms with Crippen LogP contribution in [0.1, 0.15) is 0 Å². The van der Waals surface area contributed by atoms with Crippen molar-refractivity contribution in [2.24, 2.45) is 0 Å². The molecule has 0 spiro atoms. The summed E-state index contributed by atoms with van der Waals surface area (Å²) in [5.41, 5.74) is 1.97. The lowest BCUT2D eigenvalue weighted by molar-refractivity contribution is 0.406. The zero-order chi connectivity index (χ0) is 15.0. The molecule has 0 N–H and O–H groups in total. The number of alkyl halides is 1. The summed E-state index contributed by atoms with van der Waals surface area (Å²) < 4.78 is 13.5. The number of benzene rings is 2. The topological polar surface area (TPSA) is 21.7 Å². The van der Waals surface area contributed by atoms with Gasteiger partial charge in [-0.15, -0.1) is 0 Å². The lowest BCUT2D eigenvalue weighted by Crippen LogP contribution is -2.24. The second kappa shape index (κ2) is 6.18. The molecule has 3 rings (SSSR count). The highest BCUT2D eigenvalue weighted by Crippen LogP contribution is 2.52. The van der Waals surface area contributed by atoms with Crippen LogP contribution in [0, 0.1) is 0 Å². The molecule has 0 aromatic heterocycles. The van der Waals surface area contributed by atoms with Crippen molar-refractivity contribution in [1.29, 1.82) is 0 Å². The van der Waals surface area contributed by atoms with Gasteiger partial charge in [0.2, 0.25) is 0 Å². The standard InChI is InChI=1S/C15H12Br3NO2/c1-20-13-7-10(18)8-14-15(13)19(5-4-16)11-6-9(17)2-3-12(11)21-14/h2-3,6-8H,4-5H2,1H3. The molecular formula is C15H12Br3NO2. The number of hydrogen-bond acceptors (Lipinski definition) is 3. The molecule has 110 valence electrons. The first-order valence-corrected chi connectivity index (χ1v) is 9.03. The van der Waals surface area contributed by atoms with Crippen molar-refractivity contribution in [3.63, 3.8) is 0 Å². The van der Waals surface area contributed by atoms with Gasteiger partial charge in [0.1, 0.15) is 11.4 Å². The highest BCUT2D eigenvalue weighted by molar-refractivity contribution is 9.10. The van der Waals surface area contributed by atoms with Crippen LogP contribution in [0.5, 0.6) is 17.2 Å². The van der Waals surface area contributed by atoms with E-state index in [4.69, 9.17) is 9.47 Å². The van der Waals surface area contributed by atoms with E-state index >= 15 is 0 Å². The summed E-state index contributed by atoms with van der Waals surface area (Å²) in [5.74, 6) is 2.41. The number of fused-ring (bicyclic) bond motifs is 2. The van der Waals surface area contributed by atoms with Crippen molar-refractivity contribution in [3.05, 3.63) is 39.3 Å². The molecule has 0 fully saturated rings. The van der Waals surface area contributed by atoms with E-state index in [2.05, 4.69) is 58.8 Å². The summed E-state index contributed by atoms with van der Waals surface area (Å²) in [5, 5.41) is 0.845. The fourth-order valence-electron chi connectivity index (χ4n) is 2.39. The van der Waals surface area contributed by atoms with Crippen LogP contribution in [0.3, 0.4) is 0 Å². The van der Waals surface area contributed by atoms with E-state index in [0.29, 0.717) is 0 Å². The molecule has 0 radical (unpaired) electrons. The molecule has 0 unspecified atom stereocenters. The van der Waals surface area contributed by atoms with Gasteiger partial charge in [-0.2, -0.15) is 0 Å². The van der Waals surface area contributed by atoms with Gasteiger partial charge in [0.25, 0.3) is 0 Å². The molecule has 0 bridgehead atoms. The molecule has 0 saturated carbocycles. The fourth-order valence-corrected chi connectivity index (χ4v) is 3.51. The van der Waals surface area contributed by atoms with Crippen LogP contribution in [-0.4, -0.2) is 19.0 Å². The van der Waals surface area contributed by atoms with E-state index in [9.17, 15) is 0 Å². The highest BCUT2D eigenvalue weighted by atomic mass is 79.9. The van der Waals surface area contributed by atoms with E-state index in [-0.39, 0.29) is 0 Å². The van der Waals surface area contributed by atoms with Gasteiger partial charge < -0.3 is 14.4 Å². The van der Waals surface area contributed by atoms with Crippen molar-refractivity contribution < 1.29 is 9.47 Å². The van der Waals surface area contributed by atoms with Gasteiger partial charge in [0.05, 0.1) is 12.8 Å². The predicted molar refractivity (Wildman–Crippen MR) is 95.7 cm³/mol. The Morgan fingerprint density at radius 2 is 1.90 bits per heavy atom. The van der Waals surface area contributed by atoms with E-state index in [1.807, 2.05) is 24.3 Å². The Balaban J connectivity index is 2.21. The average Bonchev–Trinajstić information content (AvgIpc) is 2.46. The Hall–Kier alpha value is -0.720. The Kier molecular flexibility index (Phi) is 4.47. The van der Waals surface area contributed by atoms with Gasteiger partial charge in [-0.3, -0.25) is 0 Å². The fraction of sp³-hybridized carbons (Fsp3) is 0.200. The summed E-state index contributed by atoms with van der Waals surface area (Å²) in [6.07, 6.45) is 0. The van der Waals surface area contributed by atoms with Crippen molar-refractivity contribution in [2.45, 2.75) is 0 Å². The summed E-state index contributed by atoms with van der Waals surface area (Å²) in [4.78, 5) is 2.21. The minimum atomic E-state index is 0.783. The maximum Gasteiger partial charge on any atom is 0.156 e. The molecule has 0 aliphatic carbocycles. The molecule has 1 aliphatic rings. The second-order valence-electron chi connectivity index (χ2n) is 4.51. The van der Waals surface area contributed by atoms with Gasteiger partial charge in [0, 0.05) is 20.8 Å². The summed E-state index contributed by atoms with van der Waals surface area (Å²) in [6.45, 7) is 0.817. The Morgan fingerprint density at radius 3 is 2.62 bits per heavy atom. The quantitative estimate of drug-likeness (QED) is 0.517. The molecule has 1 aliphatic heterocycles. The SMILES string of the molecule is COc1cc(Br)cc2c1N(CCBr)c1cc(Br)ccc1O2. The van der Waals surface area contributed by atoms with Gasteiger partial charge in [0.15, 0.2) is 11.5 Å². The lowest BCUT2D eigenvalue weighted by Gasteiger charge is -2.33. The summed E-state index contributed by atoms with van der Waals surface area (Å²) >= 11 is 10.5. The van der Waals surface area contributed by atoms with Gasteiger partial charge in [-0.05, 0) is 30.3 Å². The lowest BCUT2D eigenvalue weighted by atomic mass is 10.1. The van der Waals surface area contributed by atoms with E-state index in [1.165, 1.54) is 0 Å². The third kappa shape index (κ3) is 2.81. The Morgan fingerprint density at radius 1 is 1.10 bits per heavy atom. The van der Waals surface area contributed by atoms with Crippen molar-refractivity contribution >= 4 is 59.2 Å². The van der Waals surface area contributed by atoms with Gasteiger partial charge >= 0.3 is 0 Å². The van der Waals surface area contributed by atoms with Crippen LogP contribution in [0.25, 0.3) is 0 Å². The normalized spacial score (nSPS) is 12.5. The molecule has 2 aromatic rings. The number of nitrogens with zero attached hydrogens (tertiary/aromatic N) is 1. The monoisotopic (exact) mass is 475 g/mol. The first kappa shape index (κ1) is 15.2. The average molecular weight is 478 g/mol. The van der Waals surface area contributed by atoms with Crippen LogP contribution in [-0.2, 0) is 0 Å². The van der Waals surface area contributed by atoms with E-state index < -0.39 is 0 Å². The molecule has 2 aromatic carbocycles. The summed E-state index contributed by atoms with van der Waals surface area (Å²) in [6, 6.07) is 9.92. The van der Waals surface area contributed by atoms with Crippen molar-refractivity contribution in [2.75, 3.05) is 23.9 Å². The Labute approximate surface area is 148 Å². The first-order valence-electron chi connectivity index (χ1n) is 6.32. The van der Waals surface area contributed by atoms with Gasteiger partial charge in [-0.25, -0.2) is 0 Å².